The Morgan fingerprint density at radius 3 is 2.48 bits per heavy atom. The summed E-state index contributed by atoms with van der Waals surface area (Å²) in [5.41, 5.74) is 7.83. The highest BCUT2D eigenvalue weighted by atomic mass is 19.1. The van der Waals surface area contributed by atoms with E-state index < -0.39 is 11.7 Å². The first-order chi connectivity index (χ1) is 15.1. The molecule has 0 fully saturated rings. The molecule has 150 valence electrons. The highest BCUT2D eigenvalue weighted by molar-refractivity contribution is 5.89. The van der Waals surface area contributed by atoms with Crippen molar-refractivity contribution < 1.29 is 9.13 Å². The number of hydrogen-bond acceptors (Lipinski definition) is 4. The van der Waals surface area contributed by atoms with E-state index in [1.807, 2.05) is 54.6 Å². The Bertz CT molecular complexity index is 1470. The summed E-state index contributed by atoms with van der Waals surface area (Å²) in [6.45, 7) is 0. The molecule has 0 saturated heterocycles. The molecule has 4 aromatic rings. The van der Waals surface area contributed by atoms with E-state index in [9.17, 15) is 14.4 Å². The largest absolute Gasteiger partial charge is 0.439 e. The SMILES string of the molecule is N#CC1=C(N)Oc2c(c(=O)n(-c3ccccc3)c3ccccc23)C1c1cccc(F)c1. The fourth-order valence-electron chi connectivity index (χ4n) is 4.12. The van der Waals surface area contributed by atoms with Gasteiger partial charge in [-0.05, 0) is 42.0 Å². The lowest BCUT2D eigenvalue weighted by Gasteiger charge is -2.28. The molecule has 0 saturated carbocycles. The van der Waals surface area contributed by atoms with E-state index in [0.717, 1.165) is 0 Å². The van der Waals surface area contributed by atoms with Crippen LogP contribution in [0.4, 0.5) is 4.39 Å². The van der Waals surface area contributed by atoms with Gasteiger partial charge in [0.1, 0.15) is 23.2 Å². The van der Waals surface area contributed by atoms with E-state index in [2.05, 4.69) is 6.07 Å². The van der Waals surface area contributed by atoms with Crippen molar-refractivity contribution in [3.05, 3.63) is 118 Å². The van der Waals surface area contributed by atoms with Gasteiger partial charge in [0.15, 0.2) is 0 Å². The van der Waals surface area contributed by atoms with E-state index in [4.69, 9.17) is 10.5 Å². The monoisotopic (exact) mass is 409 g/mol. The number of nitrogens with zero attached hydrogens (tertiary/aromatic N) is 2. The Morgan fingerprint density at radius 1 is 1.00 bits per heavy atom. The van der Waals surface area contributed by atoms with Crippen LogP contribution in [0.3, 0.4) is 0 Å². The van der Waals surface area contributed by atoms with Gasteiger partial charge < -0.3 is 10.5 Å². The van der Waals surface area contributed by atoms with Gasteiger partial charge >= 0.3 is 0 Å². The summed E-state index contributed by atoms with van der Waals surface area (Å²) in [7, 11) is 0. The molecule has 1 atom stereocenters. The van der Waals surface area contributed by atoms with E-state index in [-0.39, 0.29) is 22.6 Å². The molecular formula is C25H16FN3O2. The summed E-state index contributed by atoms with van der Waals surface area (Å²) in [6.07, 6.45) is 0. The van der Waals surface area contributed by atoms with Crippen molar-refractivity contribution in [2.24, 2.45) is 5.73 Å². The zero-order chi connectivity index (χ0) is 21.5. The smallest absolute Gasteiger partial charge is 0.263 e. The number of pyridine rings is 1. The number of ether oxygens (including phenoxy) is 1. The first kappa shape index (κ1) is 18.6. The average molecular weight is 409 g/mol. The Balaban J connectivity index is 1.94. The van der Waals surface area contributed by atoms with Crippen LogP contribution in [-0.4, -0.2) is 4.57 Å². The van der Waals surface area contributed by atoms with E-state index >= 15 is 0 Å². The van der Waals surface area contributed by atoms with Gasteiger partial charge in [-0.1, -0.05) is 42.5 Å². The average Bonchev–Trinajstić information content (AvgIpc) is 2.79. The Labute approximate surface area is 177 Å². The normalized spacial score (nSPS) is 15.3. The molecule has 0 bridgehead atoms. The summed E-state index contributed by atoms with van der Waals surface area (Å²) in [4.78, 5) is 13.9. The Kier molecular flexibility index (Phi) is 4.30. The zero-order valence-electron chi connectivity index (χ0n) is 16.2. The number of nitriles is 1. The lowest BCUT2D eigenvalue weighted by molar-refractivity contribution is 0.396. The standard InChI is InChI=1S/C25H16FN3O2/c26-16-8-6-7-15(13-16)21-19(14-27)24(28)31-23-18-11-4-5-12-20(18)29(25(30)22(21)23)17-9-2-1-3-10-17/h1-13,21H,28H2. The van der Waals surface area contributed by atoms with E-state index in [0.29, 0.717) is 27.9 Å². The first-order valence-corrected chi connectivity index (χ1v) is 9.66. The third-order valence-corrected chi connectivity index (χ3v) is 5.44. The van der Waals surface area contributed by atoms with Gasteiger partial charge in [0.25, 0.3) is 5.56 Å². The molecule has 0 amide bonds. The van der Waals surface area contributed by atoms with Gasteiger partial charge in [-0.25, -0.2) is 4.39 Å². The van der Waals surface area contributed by atoms with Gasteiger partial charge in [0, 0.05) is 11.1 Å². The molecule has 31 heavy (non-hydrogen) atoms. The molecule has 0 spiro atoms. The molecule has 1 aliphatic rings. The van der Waals surface area contributed by atoms with Crippen molar-refractivity contribution in [2.75, 3.05) is 0 Å². The van der Waals surface area contributed by atoms with Gasteiger partial charge in [-0.15, -0.1) is 0 Å². The van der Waals surface area contributed by atoms with Crippen LogP contribution in [0.25, 0.3) is 16.6 Å². The van der Waals surface area contributed by atoms with Crippen LogP contribution in [-0.2, 0) is 0 Å². The predicted octanol–water partition coefficient (Wildman–Crippen LogP) is 4.35. The number of halogens is 1. The number of allylic oxidation sites excluding steroid dienone is 1. The number of hydrogen-bond donors (Lipinski definition) is 1. The molecule has 2 heterocycles. The molecule has 1 unspecified atom stereocenters. The Hall–Kier alpha value is -4.37. The maximum atomic E-state index is 14.1. The molecule has 0 aliphatic carbocycles. The minimum atomic E-state index is -0.850. The van der Waals surface area contributed by atoms with Gasteiger partial charge in [-0.2, -0.15) is 5.26 Å². The molecular weight excluding hydrogens is 393 g/mol. The maximum Gasteiger partial charge on any atom is 0.263 e. The third-order valence-electron chi connectivity index (χ3n) is 5.44. The van der Waals surface area contributed by atoms with Crippen LogP contribution in [0.15, 0.2) is 95.1 Å². The summed E-state index contributed by atoms with van der Waals surface area (Å²) < 4.78 is 21.5. The van der Waals surface area contributed by atoms with Gasteiger partial charge in [-0.3, -0.25) is 9.36 Å². The number of rotatable bonds is 2. The number of para-hydroxylation sites is 2. The second-order valence-electron chi connectivity index (χ2n) is 7.22. The van der Waals surface area contributed by atoms with Crippen LogP contribution >= 0.6 is 0 Å². The van der Waals surface area contributed by atoms with E-state index in [1.54, 1.807) is 16.7 Å². The Morgan fingerprint density at radius 2 is 1.74 bits per heavy atom. The minimum Gasteiger partial charge on any atom is -0.439 e. The molecule has 1 aromatic heterocycles. The molecule has 6 heteroatoms. The fourth-order valence-corrected chi connectivity index (χ4v) is 4.12. The lowest BCUT2D eigenvalue weighted by atomic mass is 9.83. The second-order valence-corrected chi connectivity index (χ2v) is 7.22. The maximum absolute atomic E-state index is 14.1. The molecule has 3 aromatic carbocycles. The third kappa shape index (κ3) is 2.87. The van der Waals surface area contributed by atoms with Crippen LogP contribution in [0.5, 0.6) is 5.75 Å². The second kappa shape index (κ2) is 7.15. The van der Waals surface area contributed by atoms with Gasteiger partial charge in [0.2, 0.25) is 5.88 Å². The predicted molar refractivity (Wildman–Crippen MR) is 115 cm³/mol. The molecule has 5 rings (SSSR count). The van der Waals surface area contributed by atoms with Crippen LogP contribution in [0.2, 0.25) is 0 Å². The minimum absolute atomic E-state index is 0.0742. The van der Waals surface area contributed by atoms with Crippen molar-refractivity contribution in [2.45, 2.75) is 5.92 Å². The van der Waals surface area contributed by atoms with Crippen molar-refractivity contribution in [3.8, 4) is 17.5 Å². The highest BCUT2D eigenvalue weighted by Crippen LogP contribution is 2.43. The number of aromatic nitrogens is 1. The molecule has 2 N–H and O–H groups in total. The van der Waals surface area contributed by atoms with Gasteiger partial charge in [0.05, 0.1) is 17.0 Å². The summed E-state index contributed by atoms with van der Waals surface area (Å²) in [6, 6.07) is 24.4. The molecule has 0 radical (unpaired) electrons. The molecule has 5 nitrogen and oxygen atoms in total. The van der Waals surface area contributed by atoms with Crippen LogP contribution in [0, 0.1) is 17.1 Å². The van der Waals surface area contributed by atoms with Crippen molar-refractivity contribution in [1.29, 1.82) is 5.26 Å². The first-order valence-electron chi connectivity index (χ1n) is 9.66. The number of benzene rings is 3. The van der Waals surface area contributed by atoms with Crippen molar-refractivity contribution >= 4 is 10.9 Å². The lowest BCUT2D eigenvalue weighted by Crippen LogP contribution is -2.31. The zero-order valence-corrected chi connectivity index (χ0v) is 16.2. The summed E-state index contributed by atoms with van der Waals surface area (Å²) >= 11 is 0. The quantitative estimate of drug-likeness (QED) is 0.534. The molecule has 1 aliphatic heterocycles. The number of nitrogens with two attached hydrogens (primary N) is 1. The summed E-state index contributed by atoms with van der Waals surface area (Å²) in [5.74, 6) is -1.12. The topological polar surface area (TPSA) is 81.0 Å². The fraction of sp³-hybridized carbons (Fsp3) is 0.0400. The van der Waals surface area contributed by atoms with E-state index in [1.165, 1.54) is 12.1 Å². The number of fused-ring (bicyclic) bond motifs is 3. The summed E-state index contributed by atoms with van der Waals surface area (Å²) in [5, 5.41) is 10.5. The van der Waals surface area contributed by atoms with Crippen LogP contribution in [0.1, 0.15) is 17.0 Å². The van der Waals surface area contributed by atoms with Crippen molar-refractivity contribution in [1.82, 2.24) is 4.57 Å². The highest BCUT2D eigenvalue weighted by Gasteiger charge is 2.35. The van der Waals surface area contributed by atoms with Crippen molar-refractivity contribution in [3.63, 3.8) is 0 Å². The van der Waals surface area contributed by atoms with Crippen LogP contribution < -0.4 is 16.0 Å².